The van der Waals surface area contributed by atoms with Crippen LogP contribution < -0.4 is 0 Å². The highest BCUT2D eigenvalue weighted by molar-refractivity contribution is 5.70. The van der Waals surface area contributed by atoms with E-state index in [-0.39, 0.29) is 17.0 Å². The first-order chi connectivity index (χ1) is 10.2. The first-order valence-electron chi connectivity index (χ1n) is 8.89. The minimum Gasteiger partial charge on any atom is -0.481 e. The van der Waals surface area contributed by atoms with E-state index in [1.165, 1.54) is 19.3 Å². The molecule has 0 bridgehead atoms. The highest BCUT2D eigenvalue weighted by Gasteiger charge is 2.59. The fourth-order valence-corrected chi connectivity index (χ4v) is 5.77. The maximum absolute atomic E-state index is 11.3. The number of carbonyl (C=O) groups is 1. The maximum atomic E-state index is 11.3. The molecule has 3 nitrogen and oxygen atoms in total. The van der Waals surface area contributed by atoms with Crippen molar-refractivity contribution in [2.75, 3.05) is 6.54 Å². The van der Waals surface area contributed by atoms with Gasteiger partial charge >= 0.3 is 5.97 Å². The molecule has 0 atom stereocenters. The van der Waals surface area contributed by atoms with Crippen LogP contribution in [0, 0.1) is 5.92 Å². The molecule has 1 aliphatic carbocycles. The Morgan fingerprint density at radius 3 is 2.05 bits per heavy atom. The number of rotatable bonds is 4. The van der Waals surface area contributed by atoms with Crippen LogP contribution in [0.4, 0.5) is 0 Å². The Balaban J connectivity index is 2.35. The van der Waals surface area contributed by atoms with Gasteiger partial charge in [-0.2, -0.15) is 0 Å². The van der Waals surface area contributed by atoms with Gasteiger partial charge in [-0.15, -0.1) is 0 Å². The van der Waals surface area contributed by atoms with Gasteiger partial charge in [-0.25, -0.2) is 0 Å². The van der Waals surface area contributed by atoms with Crippen LogP contribution in [-0.4, -0.2) is 39.2 Å². The summed E-state index contributed by atoms with van der Waals surface area (Å²) in [4.78, 5) is 11.3. The molecule has 2 rings (SSSR count). The van der Waals surface area contributed by atoms with E-state index < -0.39 is 5.97 Å². The Labute approximate surface area is 136 Å². The van der Waals surface area contributed by atoms with Crippen LogP contribution >= 0.6 is 0 Å². The lowest BCUT2D eigenvalue weighted by molar-refractivity contribution is -1.04. The molecule has 1 heterocycles. The summed E-state index contributed by atoms with van der Waals surface area (Å²) >= 11 is 0. The number of piperidine rings is 1. The van der Waals surface area contributed by atoms with Gasteiger partial charge in [-0.3, -0.25) is 4.79 Å². The average molecular weight is 308 g/mol. The molecule has 3 heteroatoms. The van der Waals surface area contributed by atoms with Crippen molar-refractivity contribution in [3.8, 4) is 0 Å². The van der Waals surface area contributed by atoms with Crippen molar-refractivity contribution in [2.24, 2.45) is 5.92 Å². The largest absolute Gasteiger partial charge is 0.481 e. The molecule has 1 N–H and O–H groups in total. The molecule has 0 aromatic carbocycles. The lowest BCUT2D eigenvalue weighted by Crippen LogP contribution is -2.77. The molecule has 1 saturated carbocycles. The molecule has 0 spiro atoms. The van der Waals surface area contributed by atoms with Crippen molar-refractivity contribution >= 4 is 5.97 Å². The number of carboxylic acid groups (broad SMARTS) is 1. The smallest absolute Gasteiger partial charge is 0.306 e. The lowest BCUT2D eigenvalue weighted by atomic mass is 9.71. The molecule has 0 radical (unpaired) electrons. The van der Waals surface area contributed by atoms with Crippen molar-refractivity contribution in [1.29, 1.82) is 0 Å². The van der Waals surface area contributed by atoms with E-state index in [9.17, 15) is 9.90 Å². The van der Waals surface area contributed by atoms with Crippen molar-refractivity contribution in [1.82, 2.24) is 0 Å². The van der Waals surface area contributed by atoms with E-state index in [1.807, 2.05) is 0 Å². The summed E-state index contributed by atoms with van der Waals surface area (Å²) in [6.45, 7) is 14.7. The summed E-state index contributed by atoms with van der Waals surface area (Å²) in [5.41, 5.74) is 0.466. The molecule has 0 unspecified atom stereocenters. The van der Waals surface area contributed by atoms with Gasteiger partial charge < -0.3 is 9.59 Å². The van der Waals surface area contributed by atoms with Crippen LogP contribution in [0.15, 0.2) is 12.7 Å². The van der Waals surface area contributed by atoms with E-state index in [4.69, 9.17) is 0 Å². The predicted molar refractivity (Wildman–Crippen MR) is 90.7 cm³/mol. The van der Waals surface area contributed by atoms with Crippen molar-refractivity contribution in [3.63, 3.8) is 0 Å². The van der Waals surface area contributed by atoms with E-state index in [0.717, 1.165) is 36.7 Å². The zero-order valence-corrected chi connectivity index (χ0v) is 14.9. The Morgan fingerprint density at radius 2 is 1.64 bits per heavy atom. The number of hydrogen-bond acceptors (Lipinski definition) is 1. The van der Waals surface area contributed by atoms with Gasteiger partial charge in [0.25, 0.3) is 0 Å². The lowest BCUT2D eigenvalue weighted by Gasteiger charge is -2.66. The normalized spacial score (nSPS) is 33.1. The second kappa shape index (κ2) is 5.99. The number of quaternary nitrogens is 1. The molecule has 22 heavy (non-hydrogen) atoms. The summed E-state index contributed by atoms with van der Waals surface area (Å²) < 4.78 is 1.09. The number of carboxylic acids is 1. The second-order valence-corrected chi connectivity index (χ2v) is 8.66. The minimum atomic E-state index is -0.606. The summed E-state index contributed by atoms with van der Waals surface area (Å²) in [7, 11) is 0. The highest BCUT2D eigenvalue weighted by Crippen LogP contribution is 2.50. The van der Waals surface area contributed by atoms with E-state index >= 15 is 0 Å². The molecular formula is C19H34NO2+. The summed E-state index contributed by atoms with van der Waals surface area (Å²) in [5, 5.41) is 9.29. The third-order valence-corrected chi connectivity index (χ3v) is 6.82. The zero-order valence-electron chi connectivity index (χ0n) is 14.9. The maximum Gasteiger partial charge on any atom is 0.306 e. The third kappa shape index (κ3) is 2.62. The summed E-state index contributed by atoms with van der Waals surface area (Å²) in [6.07, 6.45) is 9.65. The van der Waals surface area contributed by atoms with Gasteiger partial charge in [0, 0.05) is 25.7 Å². The number of likely N-dealkylation sites (tertiary alicyclic amines) is 1. The number of aliphatic carboxylic acids is 1. The molecule has 1 aliphatic heterocycles. The minimum absolute atomic E-state index is 0.129. The molecule has 2 aliphatic rings. The molecule has 0 aromatic heterocycles. The third-order valence-electron chi connectivity index (χ3n) is 6.82. The topological polar surface area (TPSA) is 37.3 Å². The first-order valence-corrected chi connectivity index (χ1v) is 8.89. The van der Waals surface area contributed by atoms with Gasteiger partial charge in [0.05, 0.1) is 29.6 Å². The fourth-order valence-electron chi connectivity index (χ4n) is 5.77. The van der Waals surface area contributed by atoms with E-state index in [1.54, 1.807) is 0 Å². The zero-order chi connectivity index (χ0) is 16.6. The first kappa shape index (κ1) is 17.5. The fraction of sp³-hybridized carbons (Fsp3) is 0.842. The molecule has 1 saturated heterocycles. The molecule has 0 amide bonds. The van der Waals surface area contributed by atoms with Gasteiger partial charge in [0.2, 0.25) is 0 Å². The van der Waals surface area contributed by atoms with Crippen LogP contribution in [0.25, 0.3) is 0 Å². The van der Waals surface area contributed by atoms with Crippen LogP contribution in [0.3, 0.4) is 0 Å². The Morgan fingerprint density at radius 1 is 1.14 bits per heavy atom. The van der Waals surface area contributed by atoms with Crippen molar-refractivity contribution < 1.29 is 14.4 Å². The van der Waals surface area contributed by atoms with Gasteiger partial charge in [-0.05, 0) is 53.0 Å². The Kier molecular flexibility index (Phi) is 4.77. The predicted octanol–water partition coefficient (Wildman–Crippen LogP) is 4.37. The number of nitrogens with zero attached hydrogens (tertiary/aromatic N) is 1. The monoisotopic (exact) mass is 308 g/mol. The Hall–Kier alpha value is -0.830. The summed E-state index contributed by atoms with van der Waals surface area (Å²) in [6, 6.07) is 0.568. The van der Waals surface area contributed by atoms with E-state index in [0.29, 0.717) is 6.04 Å². The molecule has 126 valence electrons. The Bertz CT molecular complexity index is 415. The standard InChI is InChI=1S/C19H33NO2/c1-6-14-20(16-10-8-15(9-11-16)17(21)22)18(2,3)12-7-13-19(20,4)5/h6,15-16H,1,7-14H2,2-5H3/p+1. The second-order valence-electron chi connectivity index (χ2n) is 8.66. The van der Waals surface area contributed by atoms with E-state index in [2.05, 4.69) is 40.3 Å². The average Bonchev–Trinajstić information content (AvgIpc) is 2.42. The van der Waals surface area contributed by atoms with Gasteiger partial charge in [-0.1, -0.05) is 6.58 Å². The van der Waals surface area contributed by atoms with Gasteiger partial charge in [0.1, 0.15) is 0 Å². The molecule has 0 aromatic rings. The van der Waals surface area contributed by atoms with Crippen molar-refractivity contribution in [2.45, 2.75) is 89.8 Å². The number of hydrogen-bond donors (Lipinski definition) is 1. The van der Waals surface area contributed by atoms with Crippen LogP contribution in [0.2, 0.25) is 0 Å². The molecule has 2 fully saturated rings. The molecular weight excluding hydrogens is 274 g/mol. The SMILES string of the molecule is C=CC[N+]1(C2CCC(C(=O)O)CC2)C(C)(C)CCCC1(C)C. The van der Waals surface area contributed by atoms with Crippen LogP contribution in [0.5, 0.6) is 0 Å². The summed E-state index contributed by atoms with van der Waals surface area (Å²) in [5.74, 6) is -0.734. The van der Waals surface area contributed by atoms with Crippen molar-refractivity contribution in [3.05, 3.63) is 12.7 Å². The van der Waals surface area contributed by atoms with Crippen LogP contribution in [-0.2, 0) is 4.79 Å². The van der Waals surface area contributed by atoms with Gasteiger partial charge in [0.15, 0.2) is 0 Å². The highest BCUT2D eigenvalue weighted by atomic mass is 16.4. The quantitative estimate of drug-likeness (QED) is 0.618. The van der Waals surface area contributed by atoms with Crippen LogP contribution in [0.1, 0.15) is 72.6 Å².